The molecule has 4 heteroatoms. The van der Waals surface area contributed by atoms with E-state index in [1.54, 1.807) is 11.1 Å². The fourth-order valence-corrected chi connectivity index (χ4v) is 12.7. The number of hydrogen-bond donors (Lipinski definition) is 2. The van der Waals surface area contributed by atoms with Crippen molar-refractivity contribution in [2.75, 3.05) is 0 Å². The summed E-state index contributed by atoms with van der Waals surface area (Å²) in [7, 11) is 0. The van der Waals surface area contributed by atoms with Gasteiger partial charge in [0.25, 0.3) is 0 Å². The first-order valence-corrected chi connectivity index (χ1v) is 18.7. The van der Waals surface area contributed by atoms with Gasteiger partial charge in [0, 0.05) is 0 Å². The third kappa shape index (κ3) is 5.04. The normalized spacial score (nSPS) is 43.9. The quantitative estimate of drug-likeness (QED) is 0.306. The van der Waals surface area contributed by atoms with Gasteiger partial charge in [-0.05, 0) is 154 Å². The SMILES string of the molecule is CC1=C2C=C(C(C)C)CCC2C2(C)CC(CC3CC4C(C)(C(=O)O)CCCC4(C)C4CC=C(C(C)C)C=C34)CC(C)(C(=O)O)C2C1. The summed E-state index contributed by atoms with van der Waals surface area (Å²) >= 11 is 0. The van der Waals surface area contributed by atoms with Gasteiger partial charge in [-0.15, -0.1) is 0 Å². The van der Waals surface area contributed by atoms with E-state index in [9.17, 15) is 19.8 Å². The fraction of sp³-hybridized carbons (Fsp3) is 0.762. The molecule has 10 atom stereocenters. The predicted molar refractivity (Wildman–Crippen MR) is 186 cm³/mol. The van der Waals surface area contributed by atoms with Crippen LogP contribution in [0.25, 0.3) is 0 Å². The Morgan fingerprint density at radius 2 is 1.57 bits per heavy atom. The Bertz CT molecular complexity index is 1410. The second-order valence-corrected chi connectivity index (χ2v) is 18.6. The van der Waals surface area contributed by atoms with Crippen molar-refractivity contribution in [3.8, 4) is 0 Å². The molecule has 0 aliphatic heterocycles. The molecular weight excluding hydrogens is 568 g/mol. The summed E-state index contributed by atoms with van der Waals surface area (Å²) in [6, 6.07) is 0. The highest BCUT2D eigenvalue weighted by Gasteiger charge is 2.62. The summed E-state index contributed by atoms with van der Waals surface area (Å²) in [6.45, 7) is 20.4. The topological polar surface area (TPSA) is 74.6 Å². The van der Waals surface area contributed by atoms with E-state index in [2.05, 4.69) is 73.6 Å². The van der Waals surface area contributed by atoms with Gasteiger partial charge in [-0.1, -0.05) is 82.9 Å². The molecule has 3 fully saturated rings. The second-order valence-electron chi connectivity index (χ2n) is 18.6. The zero-order valence-corrected chi connectivity index (χ0v) is 30.3. The number of fused-ring (bicyclic) bond motifs is 6. The van der Waals surface area contributed by atoms with Crippen molar-refractivity contribution in [3.63, 3.8) is 0 Å². The van der Waals surface area contributed by atoms with Crippen LogP contribution in [0.2, 0.25) is 0 Å². The van der Waals surface area contributed by atoms with E-state index < -0.39 is 22.8 Å². The van der Waals surface area contributed by atoms with Crippen molar-refractivity contribution in [1.29, 1.82) is 0 Å². The number of carboxylic acid groups (broad SMARTS) is 2. The highest BCUT2D eigenvalue weighted by Crippen LogP contribution is 2.68. The molecule has 0 radical (unpaired) electrons. The van der Waals surface area contributed by atoms with Gasteiger partial charge in [0.2, 0.25) is 0 Å². The van der Waals surface area contributed by atoms with Gasteiger partial charge in [0.15, 0.2) is 0 Å². The van der Waals surface area contributed by atoms with E-state index in [1.807, 2.05) is 6.92 Å². The van der Waals surface area contributed by atoms with Crippen LogP contribution in [-0.4, -0.2) is 22.2 Å². The van der Waals surface area contributed by atoms with Crippen LogP contribution >= 0.6 is 0 Å². The Hall–Kier alpha value is -2.10. The summed E-state index contributed by atoms with van der Waals surface area (Å²) in [5.41, 5.74) is 5.91. The number of rotatable bonds is 6. The summed E-state index contributed by atoms with van der Waals surface area (Å²) in [6.07, 6.45) is 18.2. The summed E-state index contributed by atoms with van der Waals surface area (Å²) in [4.78, 5) is 26.3. The van der Waals surface area contributed by atoms with Crippen LogP contribution in [0.3, 0.4) is 0 Å². The molecule has 254 valence electrons. The largest absolute Gasteiger partial charge is 0.481 e. The van der Waals surface area contributed by atoms with Gasteiger partial charge in [0.05, 0.1) is 10.8 Å². The van der Waals surface area contributed by atoms with Crippen molar-refractivity contribution >= 4 is 11.9 Å². The minimum atomic E-state index is -0.764. The van der Waals surface area contributed by atoms with E-state index in [-0.39, 0.29) is 22.7 Å². The molecule has 6 rings (SSSR count). The average Bonchev–Trinajstić information content (AvgIpc) is 2.98. The molecular formula is C42H62O4. The van der Waals surface area contributed by atoms with Gasteiger partial charge in [-0.3, -0.25) is 9.59 Å². The first-order valence-electron chi connectivity index (χ1n) is 18.7. The van der Waals surface area contributed by atoms with Crippen molar-refractivity contribution in [3.05, 3.63) is 46.1 Å². The number of carboxylic acids is 2. The van der Waals surface area contributed by atoms with Crippen LogP contribution in [0.4, 0.5) is 0 Å². The lowest BCUT2D eigenvalue weighted by atomic mass is 9.42. The molecule has 4 nitrogen and oxygen atoms in total. The Morgan fingerprint density at radius 3 is 2.20 bits per heavy atom. The van der Waals surface area contributed by atoms with E-state index in [0.29, 0.717) is 35.5 Å². The van der Waals surface area contributed by atoms with Crippen LogP contribution in [0.15, 0.2) is 46.1 Å². The highest BCUT2D eigenvalue weighted by molar-refractivity contribution is 5.76. The molecule has 6 aliphatic rings. The van der Waals surface area contributed by atoms with E-state index >= 15 is 0 Å². The molecule has 0 spiro atoms. The summed E-state index contributed by atoms with van der Waals surface area (Å²) in [5, 5.41) is 21.6. The molecule has 0 aromatic carbocycles. The first-order chi connectivity index (χ1) is 21.5. The Labute approximate surface area is 279 Å². The molecule has 0 amide bonds. The van der Waals surface area contributed by atoms with Crippen molar-refractivity contribution in [1.82, 2.24) is 0 Å². The molecule has 6 aliphatic carbocycles. The Morgan fingerprint density at radius 1 is 0.870 bits per heavy atom. The number of aliphatic carboxylic acids is 2. The van der Waals surface area contributed by atoms with Gasteiger partial charge in [-0.2, -0.15) is 0 Å². The predicted octanol–water partition coefficient (Wildman–Crippen LogP) is 10.7. The van der Waals surface area contributed by atoms with Crippen LogP contribution < -0.4 is 0 Å². The molecule has 0 aromatic heterocycles. The average molecular weight is 631 g/mol. The molecule has 0 saturated heterocycles. The van der Waals surface area contributed by atoms with Crippen molar-refractivity contribution < 1.29 is 19.8 Å². The van der Waals surface area contributed by atoms with Crippen molar-refractivity contribution in [2.45, 2.75) is 133 Å². The number of allylic oxidation sites excluding steroid dienone is 8. The van der Waals surface area contributed by atoms with Crippen molar-refractivity contribution in [2.24, 2.45) is 69.0 Å². The van der Waals surface area contributed by atoms with E-state index in [0.717, 1.165) is 70.6 Å². The molecule has 0 heterocycles. The molecule has 2 N–H and O–H groups in total. The van der Waals surface area contributed by atoms with Crippen LogP contribution in [0.5, 0.6) is 0 Å². The molecule has 0 bridgehead atoms. The van der Waals surface area contributed by atoms with Crippen LogP contribution in [-0.2, 0) is 9.59 Å². The maximum Gasteiger partial charge on any atom is 0.309 e. The van der Waals surface area contributed by atoms with Gasteiger partial charge in [-0.25, -0.2) is 0 Å². The lowest BCUT2D eigenvalue weighted by Crippen LogP contribution is -2.57. The molecule has 0 aromatic rings. The maximum absolute atomic E-state index is 13.3. The van der Waals surface area contributed by atoms with Gasteiger partial charge >= 0.3 is 11.9 Å². The van der Waals surface area contributed by atoms with Gasteiger partial charge < -0.3 is 10.2 Å². The monoisotopic (exact) mass is 630 g/mol. The first kappa shape index (κ1) is 33.8. The van der Waals surface area contributed by atoms with E-state index in [4.69, 9.17) is 0 Å². The third-order valence-electron chi connectivity index (χ3n) is 15.3. The second kappa shape index (κ2) is 11.5. The lowest BCUT2D eigenvalue weighted by molar-refractivity contribution is -0.170. The molecule has 10 unspecified atom stereocenters. The van der Waals surface area contributed by atoms with Crippen LogP contribution in [0, 0.1) is 69.0 Å². The zero-order chi connectivity index (χ0) is 33.6. The summed E-state index contributed by atoms with van der Waals surface area (Å²) in [5.74, 6) is 1.43. The molecule has 46 heavy (non-hydrogen) atoms. The standard InChI is InChI=1S/C42H62O4/c1-24(2)28-11-13-33-31(19-28)26(5)17-35-41(33,8)22-27(23-42(35,9)38(45)46)18-30-21-36-39(6,15-10-16-40(36,7)37(43)44)34-14-12-29(25(3)4)20-32(30)34/h12,19-20,24-25,27,30,33-36H,10-11,13-18,21-23H2,1-9H3,(H,43,44)(H,45,46). The highest BCUT2D eigenvalue weighted by atomic mass is 16.4. The smallest absolute Gasteiger partial charge is 0.309 e. The zero-order valence-electron chi connectivity index (χ0n) is 30.3. The maximum atomic E-state index is 13.3. The van der Waals surface area contributed by atoms with Gasteiger partial charge in [0.1, 0.15) is 0 Å². The minimum absolute atomic E-state index is 0.0188. The third-order valence-corrected chi connectivity index (χ3v) is 15.3. The minimum Gasteiger partial charge on any atom is -0.481 e. The Kier molecular flexibility index (Phi) is 8.45. The summed E-state index contributed by atoms with van der Waals surface area (Å²) < 4.78 is 0. The van der Waals surface area contributed by atoms with E-state index in [1.165, 1.54) is 16.7 Å². The van der Waals surface area contributed by atoms with Crippen LogP contribution in [0.1, 0.15) is 133 Å². The Balaban J connectivity index is 1.39. The lowest BCUT2D eigenvalue weighted by Gasteiger charge is -2.62. The fourth-order valence-electron chi connectivity index (χ4n) is 12.7. The number of carbonyl (C=O) groups is 2. The number of hydrogen-bond acceptors (Lipinski definition) is 2. The molecule has 3 saturated carbocycles.